The molecule has 1 amide bonds. The van der Waals surface area contributed by atoms with E-state index in [9.17, 15) is 4.79 Å². The quantitative estimate of drug-likeness (QED) is 0.227. The Hall–Kier alpha value is -1.71. The van der Waals surface area contributed by atoms with Crippen molar-refractivity contribution in [3.8, 4) is 11.5 Å². The Morgan fingerprint density at radius 3 is 2.83 bits per heavy atom. The number of nitrogens with two attached hydrogens (primary N) is 1. The van der Waals surface area contributed by atoms with E-state index in [-0.39, 0.29) is 29.9 Å². The molecule has 164 valence electrons. The summed E-state index contributed by atoms with van der Waals surface area (Å²) in [6.07, 6.45) is 4.49. The highest BCUT2D eigenvalue weighted by Gasteiger charge is 2.23. The summed E-state index contributed by atoms with van der Waals surface area (Å²) >= 11 is 0. The molecule has 0 aliphatic carbocycles. The van der Waals surface area contributed by atoms with Crippen LogP contribution in [0.4, 0.5) is 0 Å². The molecule has 0 radical (unpaired) electrons. The summed E-state index contributed by atoms with van der Waals surface area (Å²) in [5.74, 6) is 2.56. The minimum atomic E-state index is -0.222. The van der Waals surface area contributed by atoms with E-state index in [1.54, 1.807) is 14.2 Å². The van der Waals surface area contributed by atoms with Crippen molar-refractivity contribution in [2.45, 2.75) is 39.0 Å². The Kier molecular flexibility index (Phi) is 11.8. The SMILES string of the molecule is CCOc1cc(CCCNC(=NC)N2CCCC(CC(N)=O)C2)ccc1OC.I. The number of nitrogens with one attached hydrogen (secondary N) is 1. The number of hydrogen-bond donors (Lipinski definition) is 2. The van der Waals surface area contributed by atoms with Gasteiger partial charge in [-0.1, -0.05) is 6.07 Å². The molecule has 1 saturated heterocycles. The Labute approximate surface area is 191 Å². The summed E-state index contributed by atoms with van der Waals surface area (Å²) < 4.78 is 11.0. The van der Waals surface area contributed by atoms with Gasteiger partial charge in [-0.3, -0.25) is 9.79 Å². The molecular weight excluding hydrogens is 483 g/mol. The number of likely N-dealkylation sites (tertiary alicyclic amines) is 1. The van der Waals surface area contributed by atoms with Gasteiger partial charge in [0.05, 0.1) is 13.7 Å². The molecule has 1 heterocycles. The molecule has 1 aromatic rings. The van der Waals surface area contributed by atoms with Crippen molar-refractivity contribution >= 4 is 35.8 Å². The van der Waals surface area contributed by atoms with Crippen LogP contribution < -0.4 is 20.5 Å². The zero-order chi connectivity index (χ0) is 20.4. The molecule has 1 unspecified atom stereocenters. The molecule has 8 heteroatoms. The molecule has 1 aliphatic heterocycles. The number of carbonyl (C=O) groups is 1. The van der Waals surface area contributed by atoms with Crippen molar-refractivity contribution in [1.29, 1.82) is 0 Å². The third kappa shape index (κ3) is 8.28. The number of hydrogen-bond acceptors (Lipinski definition) is 4. The largest absolute Gasteiger partial charge is 0.493 e. The number of primary amides is 1. The minimum Gasteiger partial charge on any atom is -0.493 e. The lowest BCUT2D eigenvalue weighted by molar-refractivity contribution is -0.119. The first-order valence-corrected chi connectivity index (χ1v) is 10.1. The van der Waals surface area contributed by atoms with Gasteiger partial charge in [-0.25, -0.2) is 0 Å². The van der Waals surface area contributed by atoms with Crippen LogP contribution in [0.2, 0.25) is 0 Å². The second kappa shape index (κ2) is 13.5. The summed E-state index contributed by atoms with van der Waals surface area (Å²) in [5, 5.41) is 3.45. The summed E-state index contributed by atoms with van der Waals surface area (Å²) in [6, 6.07) is 6.09. The molecule has 7 nitrogen and oxygen atoms in total. The van der Waals surface area contributed by atoms with Gasteiger partial charge in [-0.2, -0.15) is 0 Å². The number of rotatable bonds is 9. The van der Waals surface area contributed by atoms with Crippen LogP contribution >= 0.6 is 24.0 Å². The van der Waals surface area contributed by atoms with Gasteiger partial charge in [-0.05, 0) is 56.2 Å². The van der Waals surface area contributed by atoms with Crippen LogP contribution in [0.25, 0.3) is 0 Å². The molecule has 2 rings (SSSR count). The highest BCUT2D eigenvalue weighted by molar-refractivity contribution is 14.0. The predicted octanol–water partition coefficient (Wildman–Crippen LogP) is 2.81. The fraction of sp³-hybridized carbons (Fsp3) is 0.619. The molecule has 1 aliphatic rings. The van der Waals surface area contributed by atoms with Crippen LogP contribution in [0.1, 0.15) is 38.2 Å². The normalized spacial score (nSPS) is 16.7. The van der Waals surface area contributed by atoms with Crippen molar-refractivity contribution in [1.82, 2.24) is 10.2 Å². The van der Waals surface area contributed by atoms with E-state index < -0.39 is 0 Å². The first kappa shape index (κ1) is 25.3. The second-order valence-corrected chi connectivity index (χ2v) is 7.12. The number of ether oxygens (including phenoxy) is 2. The van der Waals surface area contributed by atoms with Crippen molar-refractivity contribution < 1.29 is 14.3 Å². The van der Waals surface area contributed by atoms with E-state index in [0.29, 0.717) is 18.9 Å². The van der Waals surface area contributed by atoms with Crippen molar-refractivity contribution in [3.63, 3.8) is 0 Å². The van der Waals surface area contributed by atoms with Gasteiger partial charge in [0.25, 0.3) is 0 Å². The van der Waals surface area contributed by atoms with Gasteiger partial charge in [-0.15, -0.1) is 24.0 Å². The number of nitrogens with zero attached hydrogens (tertiary/aromatic N) is 2. The van der Waals surface area contributed by atoms with Crippen LogP contribution in [-0.4, -0.2) is 57.2 Å². The highest BCUT2D eigenvalue weighted by Crippen LogP contribution is 2.28. The fourth-order valence-electron chi connectivity index (χ4n) is 3.68. The lowest BCUT2D eigenvalue weighted by atomic mass is 9.95. The van der Waals surface area contributed by atoms with E-state index in [1.807, 2.05) is 13.0 Å². The molecule has 1 aromatic carbocycles. The third-order valence-electron chi connectivity index (χ3n) is 4.97. The number of aliphatic imine (C=N–C) groups is 1. The van der Waals surface area contributed by atoms with E-state index in [1.165, 1.54) is 5.56 Å². The molecular formula is C21H35IN4O3. The average Bonchev–Trinajstić information content (AvgIpc) is 2.68. The van der Waals surface area contributed by atoms with Crippen LogP contribution in [0.3, 0.4) is 0 Å². The molecule has 0 aromatic heterocycles. The van der Waals surface area contributed by atoms with Crippen molar-refractivity contribution in [2.75, 3.05) is 40.4 Å². The average molecular weight is 518 g/mol. The first-order valence-electron chi connectivity index (χ1n) is 10.1. The lowest BCUT2D eigenvalue weighted by Crippen LogP contribution is -2.47. The van der Waals surface area contributed by atoms with Crippen LogP contribution in [0, 0.1) is 5.92 Å². The second-order valence-electron chi connectivity index (χ2n) is 7.12. The Morgan fingerprint density at radius 1 is 1.38 bits per heavy atom. The lowest BCUT2D eigenvalue weighted by Gasteiger charge is -2.34. The standard InChI is InChI=1S/C21H34N4O3.HI/c1-4-28-19-13-16(9-10-18(19)27-3)7-5-11-24-21(23-2)25-12-6-8-17(15-25)14-20(22)26;/h9-10,13,17H,4-8,11-12,14-15H2,1-3H3,(H2,22,26)(H,23,24);1H. The van der Waals surface area contributed by atoms with Crippen LogP contribution in [0.5, 0.6) is 11.5 Å². The van der Waals surface area contributed by atoms with E-state index >= 15 is 0 Å². The van der Waals surface area contributed by atoms with Gasteiger partial charge in [0.2, 0.25) is 5.91 Å². The molecule has 0 spiro atoms. The summed E-state index contributed by atoms with van der Waals surface area (Å²) in [5.41, 5.74) is 6.58. The number of benzene rings is 1. The molecule has 0 bridgehead atoms. The van der Waals surface area contributed by atoms with E-state index in [2.05, 4.69) is 27.3 Å². The maximum atomic E-state index is 11.2. The molecule has 3 N–H and O–H groups in total. The zero-order valence-corrected chi connectivity index (χ0v) is 20.1. The van der Waals surface area contributed by atoms with Gasteiger partial charge in [0.1, 0.15) is 0 Å². The maximum absolute atomic E-state index is 11.2. The fourth-order valence-corrected chi connectivity index (χ4v) is 3.68. The number of guanidine groups is 1. The monoisotopic (exact) mass is 518 g/mol. The molecule has 1 fully saturated rings. The topological polar surface area (TPSA) is 89.2 Å². The highest BCUT2D eigenvalue weighted by atomic mass is 127. The van der Waals surface area contributed by atoms with Gasteiger partial charge < -0.3 is 25.4 Å². The molecule has 1 atom stereocenters. The number of amides is 1. The third-order valence-corrected chi connectivity index (χ3v) is 4.97. The molecule has 29 heavy (non-hydrogen) atoms. The number of piperidine rings is 1. The first-order chi connectivity index (χ1) is 13.6. The van der Waals surface area contributed by atoms with Crippen molar-refractivity contribution in [2.24, 2.45) is 16.6 Å². The van der Waals surface area contributed by atoms with Gasteiger partial charge in [0, 0.05) is 33.1 Å². The maximum Gasteiger partial charge on any atom is 0.217 e. The summed E-state index contributed by atoms with van der Waals surface area (Å²) in [4.78, 5) is 17.8. The zero-order valence-electron chi connectivity index (χ0n) is 17.8. The number of methoxy groups -OCH3 is 1. The van der Waals surface area contributed by atoms with Crippen LogP contribution in [-0.2, 0) is 11.2 Å². The van der Waals surface area contributed by atoms with Crippen LogP contribution in [0.15, 0.2) is 23.2 Å². The van der Waals surface area contributed by atoms with E-state index in [4.69, 9.17) is 15.2 Å². The number of aryl methyl sites for hydroxylation is 1. The summed E-state index contributed by atoms with van der Waals surface area (Å²) in [6.45, 7) is 5.21. The van der Waals surface area contributed by atoms with Gasteiger partial charge >= 0.3 is 0 Å². The summed E-state index contributed by atoms with van der Waals surface area (Å²) in [7, 11) is 3.46. The van der Waals surface area contributed by atoms with Gasteiger partial charge in [0.15, 0.2) is 17.5 Å². The smallest absolute Gasteiger partial charge is 0.217 e. The Bertz CT molecular complexity index is 669. The Morgan fingerprint density at radius 2 is 2.17 bits per heavy atom. The van der Waals surface area contributed by atoms with E-state index in [0.717, 1.165) is 62.8 Å². The predicted molar refractivity (Wildman–Crippen MR) is 127 cm³/mol. The number of halogens is 1. The van der Waals surface area contributed by atoms with Crippen molar-refractivity contribution in [3.05, 3.63) is 23.8 Å². The number of carbonyl (C=O) groups excluding carboxylic acids is 1. The molecule has 0 saturated carbocycles. The Balaban J connectivity index is 0.00000420. The minimum absolute atomic E-state index is 0.